The van der Waals surface area contributed by atoms with Crippen LogP contribution in [-0.4, -0.2) is 47.0 Å². The number of urea groups is 1. The van der Waals surface area contributed by atoms with E-state index in [1.165, 1.54) is 0 Å². The lowest BCUT2D eigenvalue weighted by molar-refractivity contribution is -0.143. The Morgan fingerprint density at radius 2 is 1.83 bits per heavy atom. The fraction of sp³-hybridized carbons (Fsp3) is 0.471. The second kappa shape index (κ2) is 8.44. The van der Waals surface area contributed by atoms with Crippen LogP contribution in [0, 0.1) is 5.92 Å². The van der Waals surface area contributed by atoms with Crippen LogP contribution < -0.4 is 10.6 Å². The molecule has 1 aliphatic heterocycles. The molecule has 1 atom stereocenters. The van der Waals surface area contributed by atoms with Crippen LogP contribution in [0.5, 0.6) is 0 Å². The van der Waals surface area contributed by atoms with E-state index in [0.29, 0.717) is 32.5 Å². The second-order valence-corrected chi connectivity index (χ2v) is 5.98. The van der Waals surface area contributed by atoms with Gasteiger partial charge in [0.25, 0.3) is 0 Å². The van der Waals surface area contributed by atoms with Gasteiger partial charge in [-0.2, -0.15) is 0 Å². The van der Waals surface area contributed by atoms with Crippen LogP contribution in [0.1, 0.15) is 25.3 Å². The average Bonchev–Trinajstić information content (AvgIpc) is 2.60. The van der Waals surface area contributed by atoms with E-state index in [-0.39, 0.29) is 11.8 Å². The number of carboxylic acids is 1. The van der Waals surface area contributed by atoms with Gasteiger partial charge >= 0.3 is 12.0 Å². The number of hydrogen-bond donors (Lipinski definition) is 3. The molecule has 0 aromatic heterocycles. The van der Waals surface area contributed by atoms with E-state index in [4.69, 9.17) is 5.11 Å². The quantitative estimate of drug-likeness (QED) is 0.752. The lowest BCUT2D eigenvalue weighted by atomic mass is 9.96. The fourth-order valence-corrected chi connectivity index (χ4v) is 2.74. The highest BCUT2D eigenvalue weighted by Crippen LogP contribution is 2.19. The fourth-order valence-electron chi connectivity index (χ4n) is 2.74. The number of imide groups is 1. The highest BCUT2D eigenvalue weighted by Gasteiger charge is 2.30. The van der Waals surface area contributed by atoms with Crippen molar-refractivity contribution in [1.29, 1.82) is 0 Å². The van der Waals surface area contributed by atoms with Gasteiger partial charge in [-0.1, -0.05) is 30.3 Å². The van der Waals surface area contributed by atoms with Crippen LogP contribution in [0.25, 0.3) is 0 Å². The normalized spacial score (nSPS) is 17.0. The number of rotatable bonds is 5. The minimum Gasteiger partial charge on any atom is -0.481 e. The summed E-state index contributed by atoms with van der Waals surface area (Å²) in [5, 5.41) is 14.0. The van der Waals surface area contributed by atoms with Crippen molar-refractivity contribution in [3.8, 4) is 0 Å². The first-order chi connectivity index (χ1) is 11.5. The molecule has 1 aliphatic rings. The van der Waals surface area contributed by atoms with Crippen LogP contribution in [0.4, 0.5) is 4.79 Å². The average molecular weight is 333 g/mol. The molecule has 1 aromatic carbocycles. The Morgan fingerprint density at radius 3 is 2.42 bits per heavy atom. The zero-order valence-electron chi connectivity index (χ0n) is 13.7. The Balaban J connectivity index is 1.75. The summed E-state index contributed by atoms with van der Waals surface area (Å²) in [7, 11) is 0. The predicted molar refractivity (Wildman–Crippen MR) is 88.2 cm³/mol. The van der Waals surface area contributed by atoms with Crippen LogP contribution in [0.15, 0.2) is 30.3 Å². The van der Waals surface area contributed by atoms with Crippen molar-refractivity contribution in [3.05, 3.63) is 35.9 Å². The molecule has 7 nitrogen and oxygen atoms in total. The van der Waals surface area contributed by atoms with Gasteiger partial charge in [0.1, 0.15) is 0 Å². The van der Waals surface area contributed by atoms with Crippen molar-refractivity contribution >= 4 is 17.9 Å². The van der Waals surface area contributed by atoms with E-state index in [0.717, 1.165) is 5.56 Å². The lowest BCUT2D eigenvalue weighted by Crippen LogP contribution is -2.51. The van der Waals surface area contributed by atoms with Crippen molar-refractivity contribution < 1.29 is 19.5 Å². The molecule has 0 saturated carbocycles. The number of carbonyl (C=O) groups is 3. The summed E-state index contributed by atoms with van der Waals surface area (Å²) >= 11 is 0. The van der Waals surface area contributed by atoms with E-state index in [9.17, 15) is 14.4 Å². The lowest BCUT2D eigenvalue weighted by Gasteiger charge is -2.33. The molecule has 24 heavy (non-hydrogen) atoms. The number of carboxylic acid groups (broad SMARTS) is 1. The Labute approximate surface area is 141 Å². The first kappa shape index (κ1) is 17.9. The number of nitrogens with zero attached hydrogens (tertiary/aromatic N) is 1. The molecule has 0 radical (unpaired) electrons. The number of benzene rings is 1. The van der Waals surface area contributed by atoms with Crippen molar-refractivity contribution in [2.75, 3.05) is 13.1 Å². The predicted octanol–water partition coefficient (Wildman–Crippen LogP) is 1.20. The largest absolute Gasteiger partial charge is 0.481 e. The molecule has 1 saturated heterocycles. The van der Waals surface area contributed by atoms with Gasteiger partial charge in [0, 0.05) is 6.54 Å². The van der Waals surface area contributed by atoms with E-state index in [1.807, 2.05) is 35.2 Å². The SMILES string of the molecule is CC(C(=O)NC(=O)NCc1ccccc1)N1CCC(C(=O)O)CC1. The van der Waals surface area contributed by atoms with E-state index < -0.39 is 18.0 Å². The molecule has 3 N–H and O–H groups in total. The number of likely N-dealkylation sites (tertiary alicyclic amines) is 1. The molecule has 0 aliphatic carbocycles. The first-order valence-corrected chi connectivity index (χ1v) is 8.07. The molecule has 1 fully saturated rings. The van der Waals surface area contributed by atoms with Crippen LogP contribution in [0.3, 0.4) is 0 Å². The van der Waals surface area contributed by atoms with Gasteiger partial charge in [0.15, 0.2) is 0 Å². The van der Waals surface area contributed by atoms with Gasteiger partial charge in [-0.05, 0) is 38.4 Å². The van der Waals surface area contributed by atoms with Gasteiger partial charge in [-0.3, -0.25) is 19.8 Å². The summed E-state index contributed by atoms with van der Waals surface area (Å²) in [5.41, 5.74) is 0.948. The van der Waals surface area contributed by atoms with E-state index in [1.54, 1.807) is 6.92 Å². The van der Waals surface area contributed by atoms with E-state index >= 15 is 0 Å². The molecule has 1 heterocycles. The van der Waals surface area contributed by atoms with Gasteiger partial charge in [0.05, 0.1) is 12.0 Å². The maximum Gasteiger partial charge on any atom is 0.321 e. The van der Waals surface area contributed by atoms with E-state index in [2.05, 4.69) is 10.6 Å². The summed E-state index contributed by atoms with van der Waals surface area (Å²) in [6, 6.07) is 8.42. The number of piperidine rings is 1. The van der Waals surface area contributed by atoms with Crippen LogP contribution in [-0.2, 0) is 16.1 Å². The number of carbonyl (C=O) groups excluding carboxylic acids is 2. The molecule has 3 amide bonds. The van der Waals surface area contributed by atoms with Gasteiger partial charge in [-0.25, -0.2) is 4.79 Å². The van der Waals surface area contributed by atoms with Crippen molar-refractivity contribution in [3.63, 3.8) is 0 Å². The standard InChI is InChI=1S/C17H23N3O4/c1-12(20-9-7-14(8-10-20)16(22)23)15(21)19-17(24)18-11-13-5-3-2-4-6-13/h2-6,12,14H,7-11H2,1H3,(H,22,23)(H2,18,19,21,24). The first-order valence-electron chi connectivity index (χ1n) is 8.07. The Hall–Kier alpha value is -2.41. The maximum absolute atomic E-state index is 12.1. The van der Waals surface area contributed by atoms with Crippen LogP contribution in [0.2, 0.25) is 0 Å². The highest BCUT2D eigenvalue weighted by molar-refractivity contribution is 5.96. The highest BCUT2D eigenvalue weighted by atomic mass is 16.4. The minimum atomic E-state index is -0.785. The Morgan fingerprint density at radius 1 is 1.21 bits per heavy atom. The number of hydrogen-bond acceptors (Lipinski definition) is 4. The topological polar surface area (TPSA) is 98.7 Å². The monoisotopic (exact) mass is 333 g/mol. The summed E-state index contributed by atoms with van der Waals surface area (Å²) in [6.07, 6.45) is 1.04. The summed E-state index contributed by atoms with van der Waals surface area (Å²) in [6.45, 7) is 3.15. The van der Waals surface area contributed by atoms with Gasteiger partial charge < -0.3 is 10.4 Å². The van der Waals surface area contributed by atoms with Crippen LogP contribution >= 0.6 is 0 Å². The molecular formula is C17H23N3O4. The Bertz CT molecular complexity index is 583. The molecule has 130 valence electrons. The van der Waals surface area contributed by atoms with Gasteiger partial charge in [-0.15, -0.1) is 0 Å². The van der Waals surface area contributed by atoms with Crippen molar-refractivity contribution in [1.82, 2.24) is 15.5 Å². The third-order valence-electron chi connectivity index (χ3n) is 4.34. The zero-order valence-corrected chi connectivity index (χ0v) is 13.7. The van der Waals surface area contributed by atoms with Crippen molar-refractivity contribution in [2.24, 2.45) is 5.92 Å². The Kier molecular flexibility index (Phi) is 6.31. The van der Waals surface area contributed by atoms with Gasteiger partial charge in [0.2, 0.25) is 5.91 Å². The molecule has 0 bridgehead atoms. The third-order valence-corrected chi connectivity index (χ3v) is 4.34. The molecule has 0 spiro atoms. The number of nitrogens with one attached hydrogen (secondary N) is 2. The number of aliphatic carboxylic acids is 1. The molecule has 1 unspecified atom stereocenters. The molecule has 7 heteroatoms. The summed E-state index contributed by atoms with van der Waals surface area (Å²) in [5.74, 6) is -1.51. The summed E-state index contributed by atoms with van der Waals surface area (Å²) in [4.78, 5) is 36.8. The third kappa shape index (κ3) is 5.06. The summed E-state index contributed by atoms with van der Waals surface area (Å²) < 4.78 is 0. The van der Waals surface area contributed by atoms with Crippen molar-refractivity contribution in [2.45, 2.75) is 32.4 Å². The number of amides is 3. The smallest absolute Gasteiger partial charge is 0.321 e. The zero-order chi connectivity index (χ0) is 17.5. The minimum absolute atomic E-state index is 0.342. The molecular weight excluding hydrogens is 310 g/mol. The molecule has 1 aromatic rings. The molecule has 2 rings (SSSR count). The second-order valence-electron chi connectivity index (χ2n) is 5.98. The maximum atomic E-state index is 12.1.